The van der Waals surface area contributed by atoms with Crippen LogP contribution in [0.2, 0.25) is 0 Å². The lowest BCUT2D eigenvalue weighted by molar-refractivity contribution is -0.117. The van der Waals surface area contributed by atoms with Crippen molar-refractivity contribution in [1.29, 1.82) is 0 Å². The number of halogens is 1. The van der Waals surface area contributed by atoms with E-state index in [1.807, 2.05) is 19.9 Å². The second-order valence-electron chi connectivity index (χ2n) is 4.22. The topological polar surface area (TPSA) is 41.1 Å². The van der Waals surface area contributed by atoms with Crippen LogP contribution in [0.25, 0.3) is 0 Å². The van der Waals surface area contributed by atoms with E-state index in [9.17, 15) is 4.79 Å². The summed E-state index contributed by atoms with van der Waals surface area (Å²) in [6.07, 6.45) is 5.34. The maximum Gasteiger partial charge on any atom is 0.246 e. The van der Waals surface area contributed by atoms with Crippen LogP contribution in [0, 0.1) is 5.92 Å². The molecule has 0 aliphatic carbocycles. The Morgan fingerprint density at radius 2 is 2.31 bits per heavy atom. The molecule has 1 amide bonds. The third kappa shape index (κ3) is 5.52. The molecule has 1 atom stereocenters. The lowest BCUT2D eigenvalue weighted by Gasteiger charge is -2.22. The fourth-order valence-electron chi connectivity index (χ4n) is 1.87. The molecule has 1 aliphatic heterocycles. The van der Waals surface area contributed by atoms with Crippen molar-refractivity contribution in [3.63, 3.8) is 0 Å². The number of hydrogen-bond acceptors (Lipinski definition) is 2. The van der Waals surface area contributed by atoms with Crippen molar-refractivity contribution in [2.24, 2.45) is 5.92 Å². The second kappa shape index (κ2) is 8.59. The average Bonchev–Trinajstić information content (AvgIpc) is 2.27. The summed E-state index contributed by atoms with van der Waals surface area (Å²) in [5.74, 6) is 0.694. The van der Waals surface area contributed by atoms with E-state index in [4.69, 9.17) is 0 Å². The number of carbonyl (C=O) groups is 1. The predicted molar refractivity (Wildman–Crippen MR) is 69.9 cm³/mol. The van der Waals surface area contributed by atoms with Gasteiger partial charge in [-0.15, -0.1) is 12.4 Å². The molecule has 1 rings (SSSR count). The van der Waals surface area contributed by atoms with E-state index in [2.05, 4.69) is 10.6 Å². The zero-order chi connectivity index (χ0) is 11.1. The van der Waals surface area contributed by atoms with Gasteiger partial charge >= 0.3 is 0 Å². The van der Waals surface area contributed by atoms with E-state index in [0.29, 0.717) is 5.92 Å². The van der Waals surface area contributed by atoms with Crippen LogP contribution in [0.15, 0.2) is 11.6 Å². The van der Waals surface area contributed by atoms with Gasteiger partial charge in [0.25, 0.3) is 0 Å². The summed E-state index contributed by atoms with van der Waals surface area (Å²) < 4.78 is 0. The molecule has 0 radical (unpaired) electrons. The molecule has 0 aromatic carbocycles. The maximum atomic E-state index is 11.6. The summed E-state index contributed by atoms with van der Waals surface area (Å²) >= 11 is 0. The summed E-state index contributed by atoms with van der Waals surface area (Å²) in [5.41, 5.74) is 0.835. The first-order chi connectivity index (χ1) is 7.24. The number of nitrogens with one attached hydrogen (secondary N) is 2. The molecule has 0 aromatic heterocycles. The number of piperidine rings is 1. The first-order valence-corrected chi connectivity index (χ1v) is 5.89. The van der Waals surface area contributed by atoms with E-state index < -0.39 is 0 Å². The Balaban J connectivity index is 0.00000225. The highest BCUT2D eigenvalue weighted by Gasteiger charge is 2.13. The number of rotatable bonds is 4. The van der Waals surface area contributed by atoms with Crippen molar-refractivity contribution >= 4 is 18.3 Å². The molecule has 0 aromatic rings. The summed E-state index contributed by atoms with van der Waals surface area (Å²) in [6, 6.07) is 0. The Hall–Kier alpha value is -0.540. The lowest BCUT2D eigenvalue weighted by atomic mass is 10.00. The molecule has 3 nitrogen and oxygen atoms in total. The largest absolute Gasteiger partial charge is 0.352 e. The lowest BCUT2D eigenvalue weighted by Crippen LogP contribution is -2.38. The third-order valence-corrected chi connectivity index (χ3v) is 2.82. The molecule has 1 aliphatic rings. The Bertz CT molecular complexity index is 235. The highest BCUT2D eigenvalue weighted by atomic mass is 35.5. The van der Waals surface area contributed by atoms with Crippen LogP contribution in [0.4, 0.5) is 0 Å². The van der Waals surface area contributed by atoms with E-state index in [1.165, 1.54) is 12.8 Å². The number of carbonyl (C=O) groups excluding carboxylic acids is 1. The standard InChI is InChI=1S/C12H22N2O.ClH/c1-3-5-10(2)12(15)14-9-11-6-4-7-13-8-11;/h5,11,13H,3-4,6-9H2,1-2H3,(H,14,15);1H. The van der Waals surface area contributed by atoms with Gasteiger partial charge in [0.15, 0.2) is 0 Å². The van der Waals surface area contributed by atoms with Gasteiger partial charge in [-0.25, -0.2) is 0 Å². The Morgan fingerprint density at radius 1 is 1.56 bits per heavy atom. The zero-order valence-corrected chi connectivity index (χ0v) is 11.0. The quantitative estimate of drug-likeness (QED) is 0.744. The van der Waals surface area contributed by atoms with Gasteiger partial charge in [-0.2, -0.15) is 0 Å². The summed E-state index contributed by atoms with van der Waals surface area (Å²) in [7, 11) is 0. The Morgan fingerprint density at radius 3 is 2.88 bits per heavy atom. The van der Waals surface area contributed by atoms with Gasteiger partial charge in [0.2, 0.25) is 5.91 Å². The van der Waals surface area contributed by atoms with E-state index >= 15 is 0 Å². The van der Waals surface area contributed by atoms with Crippen molar-refractivity contribution in [3.05, 3.63) is 11.6 Å². The molecular formula is C12H23ClN2O. The molecule has 0 saturated carbocycles. The van der Waals surface area contributed by atoms with Crippen molar-refractivity contribution in [1.82, 2.24) is 10.6 Å². The molecule has 0 spiro atoms. The second-order valence-corrected chi connectivity index (χ2v) is 4.22. The van der Waals surface area contributed by atoms with E-state index in [1.54, 1.807) is 0 Å². The fraction of sp³-hybridized carbons (Fsp3) is 0.750. The summed E-state index contributed by atoms with van der Waals surface area (Å²) in [4.78, 5) is 11.6. The highest BCUT2D eigenvalue weighted by molar-refractivity contribution is 5.92. The van der Waals surface area contributed by atoms with Crippen LogP contribution >= 0.6 is 12.4 Å². The van der Waals surface area contributed by atoms with Crippen molar-refractivity contribution in [3.8, 4) is 0 Å². The van der Waals surface area contributed by atoms with Crippen LogP contribution in [0.1, 0.15) is 33.1 Å². The first-order valence-electron chi connectivity index (χ1n) is 5.89. The average molecular weight is 247 g/mol. The van der Waals surface area contributed by atoms with E-state index in [-0.39, 0.29) is 18.3 Å². The van der Waals surface area contributed by atoms with Gasteiger partial charge in [0.1, 0.15) is 0 Å². The van der Waals surface area contributed by atoms with Gasteiger partial charge in [-0.3, -0.25) is 4.79 Å². The molecule has 16 heavy (non-hydrogen) atoms. The molecule has 1 heterocycles. The molecule has 0 bridgehead atoms. The van der Waals surface area contributed by atoms with Gasteiger partial charge in [-0.05, 0) is 45.2 Å². The van der Waals surface area contributed by atoms with Crippen LogP contribution < -0.4 is 10.6 Å². The number of amides is 1. The van der Waals surface area contributed by atoms with Gasteiger partial charge in [0.05, 0.1) is 0 Å². The minimum atomic E-state index is 0. The van der Waals surface area contributed by atoms with Crippen LogP contribution in [-0.2, 0) is 4.79 Å². The molecule has 94 valence electrons. The molecule has 4 heteroatoms. The summed E-state index contributed by atoms with van der Waals surface area (Å²) in [6.45, 7) is 6.89. The monoisotopic (exact) mass is 246 g/mol. The molecule has 1 unspecified atom stereocenters. The van der Waals surface area contributed by atoms with Gasteiger partial charge in [0, 0.05) is 12.1 Å². The molecule has 1 fully saturated rings. The van der Waals surface area contributed by atoms with Crippen molar-refractivity contribution in [2.75, 3.05) is 19.6 Å². The number of allylic oxidation sites excluding steroid dienone is 1. The predicted octanol–water partition coefficient (Wildman–Crippen LogP) is 1.88. The molecular weight excluding hydrogens is 224 g/mol. The van der Waals surface area contributed by atoms with Crippen molar-refractivity contribution in [2.45, 2.75) is 33.1 Å². The van der Waals surface area contributed by atoms with Crippen LogP contribution in [0.5, 0.6) is 0 Å². The van der Waals surface area contributed by atoms with Crippen molar-refractivity contribution < 1.29 is 4.79 Å². The van der Waals surface area contributed by atoms with Gasteiger partial charge in [-0.1, -0.05) is 13.0 Å². The minimum absolute atomic E-state index is 0. The molecule has 1 saturated heterocycles. The van der Waals surface area contributed by atoms with Gasteiger partial charge < -0.3 is 10.6 Å². The maximum absolute atomic E-state index is 11.6. The first kappa shape index (κ1) is 15.5. The Kier molecular flexibility index (Phi) is 8.30. The smallest absolute Gasteiger partial charge is 0.246 e. The summed E-state index contributed by atoms with van der Waals surface area (Å²) in [5, 5.41) is 6.34. The zero-order valence-electron chi connectivity index (χ0n) is 10.2. The normalized spacial score (nSPS) is 21.1. The van der Waals surface area contributed by atoms with E-state index in [0.717, 1.165) is 31.6 Å². The number of hydrogen-bond donors (Lipinski definition) is 2. The SMILES string of the molecule is CCC=C(C)C(=O)NCC1CCCNC1.Cl. The highest BCUT2D eigenvalue weighted by Crippen LogP contribution is 2.08. The Labute approximate surface area is 104 Å². The molecule has 2 N–H and O–H groups in total. The third-order valence-electron chi connectivity index (χ3n) is 2.82. The van der Waals surface area contributed by atoms with Crippen LogP contribution in [0.3, 0.4) is 0 Å². The minimum Gasteiger partial charge on any atom is -0.352 e. The fourth-order valence-corrected chi connectivity index (χ4v) is 1.87. The van der Waals surface area contributed by atoms with Crippen LogP contribution in [-0.4, -0.2) is 25.5 Å².